The van der Waals surface area contributed by atoms with Gasteiger partial charge in [-0.25, -0.2) is 18.1 Å². The van der Waals surface area contributed by atoms with Gasteiger partial charge in [-0.05, 0) is 43.5 Å². The van der Waals surface area contributed by atoms with Crippen LogP contribution in [-0.4, -0.2) is 38.9 Å². The van der Waals surface area contributed by atoms with Gasteiger partial charge in [-0.1, -0.05) is 42.5 Å². The lowest BCUT2D eigenvalue weighted by Crippen LogP contribution is -2.53. The maximum Gasteiger partial charge on any atom is 0.299 e. The Kier molecular flexibility index (Phi) is 6.14. The molecule has 156 valence electrons. The van der Waals surface area contributed by atoms with Gasteiger partial charge in [0.1, 0.15) is 16.6 Å². The zero-order chi connectivity index (χ0) is 21.1. The fourth-order valence-corrected chi connectivity index (χ4v) is 5.32. The molecule has 0 aliphatic carbocycles. The fraction of sp³-hybridized carbons (Fsp3) is 0.381. The van der Waals surface area contributed by atoms with Crippen LogP contribution in [0.15, 0.2) is 59.6 Å². The molecule has 2 atom stereocenters. The van der Waals surface area contributed by atoms with E-state index in [0.29, 0.717) is 17.7 Å². The number of aliphatic hydroxyl groups excluding tert-OH is 1. The van der Waals surface area contributed by atoms with Gasteiger partial charge in [0.25, 0.3) is 6.02 Å². The van der Waals surface area contributed by atoms with E-state index < -0.39 is 26.9 Å². The average Bonchev–Trinajstić information content (AvgIpc) is 2.66. The molecule has 0 saturated carbocycles. The van der Waals surface area contributed by atoms with Gasteiger partial charge in [-0.2, -0.15) is 0 Å². The number of rotatable bonds is 6. The van der Waals surface area contributed by atoms with Gasteiger partial charge < -0.3 is 14.6 Å². The molecule has 29 heavy (non-hydrogen) atoms. The number of amidine groups is 1. The first-order valence-electron chi connectivity index (χ1n) is 9.35. The first-order chi connectivity index (χ1) is 13.8. The van der Waals surface area contributed by atoms with Crippen molar-refractivity contribution in [3.05, 3.63) is 65.7 Å². The summed E-state index contributed by atoms with van der Waals surface area (Å²) in [6.45, 7) is 3.35. The molecule has 7 nitrogen and oxygen atoms in total. The summed E-state index contributed by atoms with van der Waals surface area (Å²) in [5.41, 5.74) is 0.357. The van der Waals surface area contributed by atoms with Crippen molar-refractivity contribution >= 4 is 16.0 Å². The minimum absolute atomic E-state index is 0.0727. The maximum atomic E-state index is 13.1. The van der Waals surface area contributed by atoms with Crippen LogP contribution in [0.2, 0.25) is 0 Å². The largest absolute Gasteiger partial charge is 0.497 e. The Bertz CT molecular complexity index is 974. The van der Waals surface area contributed by atoms with E-state index in [4.69, 9.17) is 9.47 Å². The van der Waals surface area contributed by atoms with E-state index >= 15 is 0 Å². The number of hydrogen-bond acceptors (Lipinski definition) is 6. The molecule has 1 heterocycles. The van der Waals surface area contributed by atoms with E-state index in [1.165, 1.54) is 7.11 Å². The Morgan fingerprint density at radius 2 is 1.93 bits per heavy atom. The molecule has 1 saturated heterocycles. The number of sulfonamides is 1. The van der Waals surface area contributed by atoms with Gasteiger partial charge in [0.2, 0.25) is 10.0 Å². The number of hydrogen-bond donors (Lipinski definition) is 2. The minimum atomic E-state index is -3.82. The van der Waals surface area contributed by atoms with Crippen molar-refractivity contribution in [2.45, 2.75) is 37.2 Å². The molecule has 1 unspecified atom stereocenters. The summed E-state index contributed by atoms with van der Waals surface area (Å²) in [6.07, 6.45) is 0.346. The second-order valence-electron chi connectivity index (χ2n) is 7.38. The molecule has 2 N–H and O–H groups in total. The van der Waals surface area contributed by atoms with Crippen molar-refractivity contribution in [1.82, 2.24) is 4.72 Å². The number of ether oxygens (including phenoxy) is 2. The van der Waals surface area contributed by atoms with Crippen LogP contribution in [0.25, 0.3) is 0 Å². The molecule has 1 aliphatic heterocycles. The second-order valence-corrected chi connectivity index (χ2v) is 9.15. The average molecular weight is 419 g/mol. The van der Waals surface area contributed by atoms with Crippen LogP contribution in [0.5, 0.6) is 5.75 Å². The summed E-state index contributed by atoms with van der Waals surface area (Å²) in [6, 6.07) is 15.8. The third-order valence-electron chi connectivity index (χ3n) is 4.79. The molecule has 0 spiro atoms. The number of aliphatic imine (C=N–C) groups is 1. The van der Waals surface area contributed by atoms with Crippen LogP contribution < -0.4 is 9.46 Å². The van der Waals surface area contributed by atoms with Crippen LogP contribution in [0.3, 0.4) is 0 Å². The normalized spacial score (nSPS) is 22.3. The van der Waals surface area contributed by atoms with Crippen LogP contribution in [0.4, 0.5) is 0 Å². The molecule has 0 aromatic heterocycles. The van der Waals surface area contributed by atoms with Gasteiger partial charge in [0.05, 0.1) is 13.2 Å². The Hall–Kier alpha value is -2.58. The third kappa shape index (κ3) is 4.71. The minimum Gasteiger partial charge on any atom is -0.497 e. The highest BCUT2D eigenvalue weighted by Gasteiger charge is 2.48. The maximum absolute atomic E-state index is 13.1. The van der Waals surface area contributed by atoms with E-state index in [9.17, 15) is 13.5 Å². The van der Waals surface area contributed by atoms with Crippen molar-refractivity contribution in [2.24, 2.45) is 4.99 Å². The van der Waals surface area contributed by atoms with Crippen molar-refractivity contribution < 1.29 is 23.0 Å². The SMILES string of the molecule is COc1cccc(C2C(C)(C)OC(=N[C@@H](CCO)c3ccccc3)NS2(=O)=O)c1. The number of methoxy groups -OCH3 is 1. The molecule has 1 aliphatic rings. The van der Waals surface area contributed by atoms with E-state index in [2.05, 4.69) is 9.71 Å². The first-order valence-corrected chi connectivity index (χ1v) is 10.9. The highest BCUT2D eigenvalue weighted by Crippen LogP contribution is 2.40. The van der Waals surface area contributed by atoms with Crippen LogP contribution in [0.1, 0.15) is 42.7 Å². The number of nitrogens with zero attached hydrogens (tertiary/aromatic N) is 1. The van der Waals surface area contributed by atoms with Crippen molar-refractivity contribution in [1.29, 1.82) is 0 Å². The standard InChI is InChI=1S/C21H26N2O5S/c1-21(2)19(16-10-7-11-17(14-16)27-3)29(25,26)23-20(28-21)22-18(12-13-24)15-8-5-4-6-9-15/h4-11,14,18-19,24H,12-13H2,1-3H3,(H,22,23)/t18-,19?/m0/s1. The fourth-order valence-electron chi connectivity index (χ4n) is 3.56. The molecule has 8 heteroatoms. The summed E-state index contributed by atoms with van der Waals surface area (Å²) in [4.78, 5) is 4.47. The topological polar surface area (TPSA) is 97.2 Å². The lowest BCUT2D eigenvalue weighted by Gasteiger charge is -2.39. The summed E-state index contributed by atoms with van der Waals surface area (Å²) >= 11 is 0. The second kappa shape index (κ2) is 8.42. The molecule has 3 rings (SSSR count). The van der Waals surface area contributed by atoms with Gasteiger partial charge in [-0.15, -0.1) is 0 Å². The van der Waals surface area contributed by atoms with Crippen LogP contribution >= 0.6 is 0 Å². The highest BCUT2D eigenvalue weighted by atomic mass is 32.2. The molecule has 0 radical (unpaired) electrons. The quantitative estimate of drug-likeness (QED) is 0.752. The van der Waals surface area contributed by atoms with Crippen LogP contribution in [-0.2, 0) is 14.8 Å². The van der Waals surface area contributed by atoms with E-state index in [0.717, 1.165) is 5.56 Å². The van der Waals surface area contributed by atoms with E-state index in [1.54, 1.807) is 38.1 Å². The predicted octanol–water partition coefficient (Wildman–Crippen LogP) is 2.94. The lowest BCUT2D eigenvalue weighted by atomic mass is 9.97. The molecule has 2 aromatic rings. The number of nitrogens with one attached hydrogen (secondary N) is 1. The van der Waals surface area contributed by atoms with Crippen molar-refractivity contribution in [3.8, 4) is 5.75 Å². The summed E-state index contributed by atoms with van der Waals surface area (Å²) in [7, 11) is -2.29. The summed E-state index contributed by atoms with van der Waals surface area (Å²) in [5.74, 6) is 0.569. The highest BCUT2D eigenvalue weighted by molar-refractivity contribution is 7.90. The van der Waals surface area contributed by atoms with Gasteiger partial charge in [-0.3, -0.25) is 0 Å². The molecular weight excluding hydrogens is 392 g/mol. The van der Waals surface area contributed by atoms with Crippen molar-refractivity contribution in [3.63, 3.8) is 0 Å². The smallest absolute Gasteiger partial charge is 0.299 e. The predicted molar refractivity (Wildman–Crippen MR) is 111 cm³/mol. The lowest BCUT2D eigenvalue weighted by molar-refractivity contribution is 0.0758. The Balaban J connectivity index is 1.96. The molecule has 0 bridgehead atoms. The summed E-state index contributed by atoms with van der Waals surface area (Å²) in [5, 5.41) is 8.47. The monoisotopic (exact) mass is 418 g/mol. The van der Waals surface area contributed by atoms with Crippen LogP contribution in [0, 0.1) is 0 Å². The molecule has 1 fully saturated rings. The molecule has 2 aromatic carbocycles. The van der Waals surface area contributed by atoms with Gasteiger partial charge >= 0.3 is 0 Å². The van der Waals surface area contributed by atoms with E-state index in [-0.39, 0.29) is 12.6 Å². The zero-order valence-electron chi connectivity index (χ0n) is 16.7. The Morgan fingerprint density at radius 3 is 2.55 bits per heavy atom. The van der Waals surface area contributed by atoms with Gasteiger partial charge in [0.15, 0.2) is 0 Å². The molecular formula is C21H26N2O5S. The zero-order valence-corrected chi connectivity index (χ0v) is 17.5. The number of benzene rings is 2. The summed E-state index contributed by atoms with van der Waals surface area (Å²) < 4.78 is 39.9. The Labute approximate surface area is 171 Å². The van der Waals surface area contributed by atoms with Gasteiger partial charge in [0, 0.05) is 6.61 Å². The van der Waals surface area contributed by atoms with E-state index in [1.807, 2.05) is 30.3 Å². The van der Waals surface area contributed by atoms with Crippen molar-refractivity contribution in [2.75, 3.05) is 13.7 Å². The number of aliphatic hydroxyl groups is 1. The Morgan fingerprint density at radius 1 is 1.21 bits per heavy atom. The third-order valence-corrected chi connectivity index (χ3v) is 6.71. The molecule has 0 amide bonds. The first kappa shape index (κ1) is 21.1.